The number of aldehydes is 2. The van der Waals surface area contributed by atoms with Crippen LogP contribution in [0.5, 0.6) is 0 Å². The van der Waals surface area contributed by atoms with Crippen LogP contribution < -0.4 is 0 Å². The van der Waals surface area contributed by atoms with Crippen LogP contribution in [0.15, 0.2) is 83.0 Å². The minimum Gasteiger partial charge on any atom is -0.298 e. The number of rotatable bonds is 4. The highest BCUT2D eigenvalue weighted by Crippen LogP contribution is 2.32. The number of hydrogen-bond acceptors (Lipinski definition) is 4. The molecule has 0 heterocycles. The predicted molar refractivity (Wildman–Crippen MR) is 103 cm³/mol. The van der Waals surface area contributed by atoms with Crippen molar-refractivity contribution in [1.82, 2.24) is 0 Å². The molecule has 0 amide bonds. The molecule has 0 aliphatic carbocycles. The summed E-state index contributed by atoms with van der Waals surface area (Å²) in [4.78, 5) is 22.5. The molecule has 124 valence electrons. The van der Waals surface area contributed by atoms with E-state index in [2.05, 4.69) is 10.2 Å². The van der Waals surface area contributed by atoms with Crippen molar-refractivity contribution in [2.24, 2.45) is 10.2 Å². The molecule has 4 aromatic carbocycles. The van der Waals surface area contributed by atoms with E-state index in [4.69, 9.17) is 0 Å². The molecular formula is C22H14N2O2. The summed E-state index contributed by atoms with van der Waals surface area (Å²) in [5.74, 6) is 0. The number of hydrogen-bond donors (Lipinski definition) is 0. The molecule has 0 saturated carbocycles. The van der Waals surface area contributed by atoms with Crippen LogP contribution in [0.2, 0.25) is 0 Å². The van der Waals surface area contributed by atoms with Crippen LogP contribution >= 0.6 is 0 Å². The van der Waals surface area contributed by atoms with Crippen LogP contribution in [-0.4, -0.2) is 12.6 Å². The van der Waals surface area contributed by atoms with Crippen molar-refractivity contribution in [2.75, 3.05) is 0 Å². The van der Waals surface area contributed by atoms with E-state index >= 15 is 0 Å². The molecule has 0 fully saturated rings. The quantitative estimate of drug-likeness (QED) is 0.337. The fourth-order valence-corrected chi connectivity index (χ4v) is 3.10. The Hall–Kier alpha value is -3.66. The van der Waals surface area contributed by atoms with Crippen molar-refractivity contribution in [3.05, 3.63) is 83.9 Å². The summed E-state index contributed by atoms with van der Waals surface area (Å²) in [6, 6.07) is 22.3. The summed E-state index contributed by atoms with van der Waals surface area (Å²) in [7, 11) is 0. The average molecular weight is 338 g/mol. The molecule has 0 aliphatic heterocycles. The predicted octanol–water partition coefficient (Wildman–Crippen LogP) is 6.03. The molecular weight excluding hydrogens is 324 g/mol. The van der Waals surface area contributed by atoms with Crippen LogP contribution in [0.1, 0.15) is 20.7 Å². The van der Waals surface area contributed by atoms with Crippen LogP contribution in [0, 0.1) is 0 Å². The van der Waals surface area contributed by atoms with Gasteiger partial charge < -0.3 is 0 Å². The first-order valence-corrected chi connectivity index (χ1v) is 8.17. The zero-order valence-corrected chi connectivity index (χ0v) is 13.8. The zero-order valence-electron chi connectivity index (χ0n) is 13.8. The number of fused-ring (bicyclic) bond motifs is 2. The molecule has 0 spiro atoms. The van der Waals surface area contributed by atoms with Crippen molar-refractivity contribution in [1.29, 1.82) is 0 Å². The van der Waals surface area contributed by atoms with Gasteiger partial charge in [0, 0.05) is 21.9 Å². The topological polar surface area (TPSA) is 58.9 Å². The maximum absolute atomic E-state index is 11.2. The van der Waals surface area contributed by atoms with Crippen molar-refractivity contribution in [2.45, 2.75) is 0 Å². The summed E-state index contributed by atoms with van der Waals surface area (Å²) >= 11 is 0. The Morgan fingerprint density at radius 1 is 0.500 bits per heavy atom. The second-order valence-corrected chi connectivity index (χ2v) is 5.87. The molecule has 0 aromatic heterocycles. The lowest BCUT2D eigenvalue weighted by atomic mass is 10.0. The maximum atomic E-state index is 11.2. The Labute approximate surface area is 149 Å². The van der Waals surface area contributed by atoms with Gasteiger partial charge >= 0.3 is 0 Å². The van der Waals surface area contributed by atoms with E-state index in [9.17, 15) is 9.59 Å². The standard InChI is InChI=1S/C22H14N2O2/c25-13-15-9-11-21(19-7-3-1-5-17(15)19)23-24-22-12-10-16(14-26)18-6-2-4-8-20(18)22/h1-14H. The lowest BCUT2D eigenvalue weighted by Crippen LogP contribution is -1.84. The van der Waals surface area contributed by atoms with Gasteiger partial charge in [-0.1, -0.05) is 48.5 Å². The second kappa shape index (κ2) is 6.69. The van der Waals surface area contributed by atoms with Gasteiger partial charge in [0.25, 0.3) is 0 Å². The van der Waals surface area contributed by atoms with Gasteiger partial charge in [-0.2, -0.15) is 0 Å². The minimum atomic E-state index is 0.625. The van der Waals surface area contributed by atoms with Crippen molar-refractivity contribution < 1.29 is 9.59 Å². The number of carbonyl (C=O) groups excluding carboxylic acids is 2. The first-order valence-electron chi connectivity index (χ1n) is 8.17. The molecule has 0 bridgehead atoms. The first-order chi connectivity index (χ1) is 12.8. The highest BCUT2D eigenvalue weighted by molar-refractivity contribution is 6.04. The van der Waals surface area contributed by atoms with Gasteiger partial charge in [-0.05, 0) is 35.0 Å². The molecule has 26 heavy (non-hydrogen) atoms. The molecule has 4 heteroatoms. The third-order valence-electron chi connectivity index (χ3n) is 4.39. The van der Waals surface area contributed by atoms with E-state index in [1.165, 1.54) is 0 Å². The minimum absolute atomic E-state index is 0.625. The van der Waals surface area contributed by atoms with Gasteiger partial charge in [-0.25, -0.2) is 0 Å². The molecule has 4 nitrogen and oxygen atoms in total. The average Bonchev–Trinajstić information content (AvgIpc) is 2.71. The fraction of sp³-hybridized carbons (Fsp3) is 0. The van der Waals surface area contributed by atoms with E-state index in [0.717, 1.165) is 34.1 Å². The Morgan fingerprint density at radius 3 is 1.27 bits per heavy atom. The third kappa shape index (κ3) is 2.67. The number of benzene rings is 4. The number of carbonyl (C=O) groups is 2. The largest absolute Gasteiger partial charge is 0.298 e. The summed E-state index contributed by atoms with van der Waals surface area (Å²) in [6.07, 6.45) is 1.68. The maximum Gasteiger partial charge on any atom is 0.150 e. The molecule has 4 aromatic rings. The lowest BCUT2D eigenvalue weighted by Gasteiger charge is -2.05. The molecule has 4 rings (SSSR count). The van der Waals surface area contributed by atoms with E-state index in [0.29, 0.717) is 22.5 Å². The lowest BCUT2D eigenvalue weighted by molar-refractivity contribution is 0.111. The Balaban J connectivity index is 1.85. The van der Waals surface area contributed by atoms with E-state index in [1.54, 1.807) is 24.3 Å². The summed E-state index contributed by atoms with van der Waals surface area (Å²) in [6.45, 7) is 0. The molecule has 0 saturated heterocycles. The highest BCUT2D eigenvalue weighted by atomic mass is 16.1. The van der Waals surface area contributed by atoms with Gasteiger partial charge in [-0.15, -0.1) is 10.2 Å². The second-order valence-electron chi connectivity index (χ2n) is 5.87. The smallest absolute Gasteiger partial charge is 0.150 e. The van der Waals surface area contributed by atoms with Gasteiger partial charge in [0.05, 0.1) is 11.4 Å². The molecule has 0 atom stereocenters. The molecule has 0 unspecified atom stereocenters. The Kier molecular flexibility index (Phi) is 4.07. The van der Waals surface area contributed by atoms with Gasteiger partial charge in [-0.3, -0.25) is 9.59 Å². The summed E-state index contributed by atoms with van der Waals surface area (Å²) < 4.78 is 0. The highest BCUT2D eigenvalue weighted by Gasteiger charge is 2.07. The monoisotopic (exact) mass is 338 g/mol. The van der Waals surface area contributed by atoms with Gasteiger partial charge in [0.2, 0.25) is 0 Å². The third-order valence-corrected chi connectivity index (χ3v) is 4.39. The van der Waals surface area contributed by atoms with Crippen molar-refractivity contribution in [3.63, 3.8) is 0 Å². The normalized spacial score (nSPS) is 11.2. The van der Waals surface area contributed by atoms with Gasteiger partial charge in [0.1, 0.15) is 0 Å². The van der Waals surface area contributed by atoms with Crippen LogP contribution in [0.4, 0.5) is 11.4 Å². The molecule has 0 N–H and O–H groups in total. The van der Waals surface area contributed by atoms with Crippen LogP contribution in [0.25, 0.3) is 21.5 Å². The van der Waals surface area contributed by atoms with Crippen LogP contribution in [-0.2, 0) is 0 Å². The number of azo groups is 1. The SMILES string of the molecule is O=Cc1ccc(N=Nc2ccc(C=O)c3ccccc23)c2ccccc12. The molecule has 0 aliphatic rings. The summed E-state index contributed by atoms with van der Waals surface area (Å²) in [5, 5.41) is 12.2. The Bertz CT molecular complexity index is 1090. The van der Waals surface area contributed by atoms with Gasteiger partial charge in [0.15, 0.2) is 12.6 Å². The first kappa shape index (κ1) is 15.8. The Morgan fingerprint density at radius 2 is 0.885 bits per heavy atom. The van der Waals surface area contributed by atoms with Crippen LogP contribution in [0.3, 0.4) is 0 Å². The fourth-order valence-electron chi connectivity index (χ4n) is 3.10. The summed E-state index contributed by atoms with van der Waals surface area (Å²) in [5.41, 5.74) is 2.63. The van der Waals surface area contributed by atoms with E-state index < -0.39 is 0 Å². The number of nitrogens with zero attached hydrogens (tertiary/aromatic N) is 2. The van der Waals surface area contributed by atoms with Crippen molar-refractivity contribution in [3.8, 4) is 0 Å². The van der Waals surface area contributed by atoms with Crippen molar-refractivity contribution >= 4 is 45.5 Å². The molecule has 0 radical (unpaired) electrons. The van der Waals surface area contributed by atoms with E-state index in [1.807, 2.05) is 48.5 Å². The van der Waals surface area contributed by atoms with E-state index in [-0.39, 0.29) is 0 Å². The zero-order chi connectivity index (χ0) is 17.9.